The van der Waals surface area contributed by atoms with E-state index in [1.54, 1.807) is 7.11 Å². The molecule has 0 saturated heterocycles. The lowest BCUT2D eigenvalue weighted by molar-refractivity contribution is 0.414. The molecule has 0 heterocycles. The molecule has 0 spiro atoms. The average molecular weight is 327 g/mol. The standard InChI is InChI=1S/C23H21NO/c1-25-20-13-8-12-19(17-20)21(22-14-5-6-16-23(22)24)15-7-11-18-9-3-2-4-10-18/h2-17H,24H2,1H3/b11-7+,21-15-. The van der Waals surface area contributed by atoms with Gasteiger partial charge in [-0.25, -0.2) is 0 Å². The summed E-state index contributed by atoms with van der Waals surface area (Å²) in [7, 11) is 1.68. The smallest absolute Gasteiger partial charge is 0.119 e. The van der Waals surface area contributed by atoms with Crippen LogP contribution in [0, 0.1) is 0 Å². The molecule has 2 nitrogen and oxygen atoms in total. The van der Waals surface area contributed by atoms with Crippen LogP contribution in [0.4, 0.5) is 5.69 Å². The minimum absolute atomic E-state index is 0.754. The van der Waals surface area contributed by atoms with Crippen molar-refractivity contribution in [3.05, 3.63) is 108 Å². The van der Waals surface area contributed by atoms with E-state index < -0.39 is 0 Å². The Labute approximate surface area is 148 Å². The van der Waals surface area contributed by atoms with Gasteiger partial charge in [-0.1, -0.05) is 78.9 Å². The SMILES string of the molecule is COc1cccc(/C(=C/C=C/c2ccccc2)c2ccccc2N)c1. The first kappa shape index (κ1) is 16.6. The molecular formula is C23H21NO. The zero-order chi connectivity index (χ0) is 17.5. The van der Waals surface area contributed by atoms with Crippen molar-refractivity contribution in [3.63, 3.8) is 0 Å². The van der Waals surface area contributed by atoms with Crippen LogP contribution in [-0.2, 0) is 0 Å². The highest BCUT2D eigenvalue weighted by atomic mass is 16.5. The van der Waals surface area contributed by atoms with Crippen LogP contribution in [0.25, 0.3) is 11.6 Å². The van der Waals surface area contributed by atoms with Gasteiger partial charge in [-0.15, -0.1) is 0 Å². The summed E-state index contributed by atoms with van der Waals surface area (Å²) in [4.78, 5) is 0. The highest BCUT2D eigenvalue weighted by molar-refractivity contribution is 5.87. The van der Waals surface area contributed by atoms with E-state index >= 15 is 0 Å². The molecule has 3 rings (SSSR count). The Morgan fingerprint density at radius 2 is 1.64 bits per heavy atom. The summed E-state index contributed by atoms with van der Waals surface area (Å²) < 4.78 is 5.37. The molecular weight excluding hydrogens is 306 g/mol. The van der Waals surface area contributed by atoms with Crippen LogP contribution in [0.5, 0.6) is 5.75 Å². The second-order valence-corrected chi connectivity index (χ2v) is 5.67. The fraction of sp³-hybridized carbons (Fsp3) is 0.0435. The predicted octanol–water partition coefficient (Wildman–Crippen LogP) is 5.42. The van der Waals surface area contributed by atoms with Crippen LogP contribution >= 0.6 is 0 Å². The van der Waals surface area contributed by atoms with E-state index in [0.717, 1.165) is 33.7 Å². The molecule has 0 unspecified atom stereocenters. The molecule has 0 atom stereocenters. The largest absolute Gasteiger partial charge is 0.497 e. The molecule has 0 radical (unpaired) electrons. The Morgan fingerprint density at radius 3 is 2.40 bits per heavy atom. The molecule has 0 bridgehead atoms. The number of nitrogens with two attached hydrogens (primary N) is 1. The van der Waals surface area contributed by atoms with Crippen LogP contribution in [-0.4, -0.2) is 7.11 Å². The zero-order valence-corrected chi connectivity index (χ0v) is 14.2. The second kappa shape index (κ2) is 8.02. The summed E-state index contributed by atoms with van der Waals surface area (Å²) in [6.45, 7) is 0. The third-order valence-corrected chi connectivity index (χ3v) is 3.98. The van der Waals surface area contributed by atoms with Gasteiger partial charge in [0.1, 0.15) is 5.75 Å². The van der Waals surface area contributed by atoms with E-state index in [-0.39, 0.29) is 0 Å². The monoisotopic (exact) mass is 327 g/mol. The highest BCUT2D eigenvalue weighted by Gasteiger charge is 2.08. The number of hydrogen-bond donors (Lipinski definition) is 1. The van der Waals surface area contributed by atoms with Gasteiger partial charge in [0.25, 0.3) is 0 Å². The van der Waals surface area contributed by atoms with Crippen LogP contribution in [0.1, 0.15) is 16.7 Å². The van der Waals surface area contributed by atoms with E-state index in [4.69, 9.17) is 10.5 Å². The number of anilines is 1. The van der Waals surface area contributed by atoms with Gasteiger partial charge in [0.2, 0.25) is 0 Å². The Balaban J connectivity index is 2.04. The van der Waals surface area contributed by atoms with Crippen LogP contribution in [0.2, 0.25) is 0 Å². The molecule has 3 aromatic rings. The molecule has 3 aromatic carbocycles. The van der Waals surface area contributed by atoms with Gasteiger partial charge in [-0.05, 0) is 34.9 Å². The van der Waals surface area contributed by atoms with Crippen molar-refractivity contribution < 1.29 is 4.74 Å². The summed E-state index contributed by atoms with van der Waals surface area (Å²) in [5, 5.41) is 0. The predicted molar refractivity (Wildman–Crippen MR) is 106 cm³/mol. The lowest BCUT2D eigenvalue weighted by atomic mass is 9.95. The van der Waals surface area contributed by atoms with Gasteiger partial charge >= 0.3 is 0 Å². The minimum atomic E-state index is 0.754. The second-order valence-electron chi connectivity index (χ2n) is 5.67. The average Bonchev–Trinajstić information content (AvgIpc) is 2.67. The first-order valence-corrected chi connectivity index (χ1v) is 8.20. The normalized spacial score (nSPS) is 11.6. The Hall–Kier alpha value is -3.26. The molecule has 0 aliphatic carbocycles. The van der Waals surface area contributed by atoms with E-state index in [1.807, 2.05) is 60.7 Å². The van der Waals surface area contributed by atoms with Crippen molar-refractivity contribution in [1.29, 1.82) is 0 Å². The molecule has 0 saturated carbocycles. The number of methoxy groups -OCH3 is 1. The van der Waals surface area contributed by atoms with Gasteiger partial charge in [0, 0.05) is 11.3 Å². The van der Waals surface area contributed by atoms with Crippen molar-refractivity contribution in [2.24, 2.45) is 0 Å². The Kier molecular flexibility index (Phi) is 5.32. The van der Waals surface area contributed by atoms with Crippen LogP contribution in [0.15, 0.2) is 91.0 Å². The molecule has 2 N–H and O–H groups in total. The number of hydrogen-bond acceptors (Lipinski definition) is 2. The van der Waals surface area contributed by atoms with Crippen LogP contribution < -0.4 is 10.5 Å². The summed E-state index contributed by atoms with van der Waals surface area (Å²) in [6.07, 6.45) is 6.23. The lowest BCUT2D eigenvalue weighted by Gasteiger charge is -2.12. The lowest BCUT2D eigenvalue weighted by Crippen LogP contribution is -1.95. The first-order valence-electron chi connectivity index (χ1n) is 8.20. The summed E-state index contributed by atoms with van der Waals surface area (Å²) in [6, 6.07) is 26.1. The van der Waals surface area contributed by atoms with Gasteiger partial charge in [-0.3, -0.25) is 0 Å². The molecule has 0 fully saturated rings. The van der Waals surface area contributed by atoms with Gasteiger partial charge in [0.05, 0.1) is 7.11 Å². The summed E-state index contributed by atoms with van der Waals surface area (Å²) >= 11 is 0. The van der Waals surface area contributed by atoms with Gasteiger partial charge < -0.3 is 10.5 Å². The van der Waals surface area contributed by atoms with E-state index in [9.17, 15) is 0 Å². The van der Waals surface area contributed by atoms with Crippen molar-refractivity contribution in [2.45, 2.75) is 0 Å². The van der Waals surface area contributed by atoms with Gasteiger partial charge in [-0.2, -0.15) is 0 Å². The van der Waals surface area contributed by atoms with Gasteiger partial charge in [0.15, 0.2) is 0 Å². The fourth-order valence-corrected chi connectivity index (χ4v) is 2.69. The molecule has 0 aliphatic rings. The molecule has 0 aromatic heterocycles. The number of allylic oxidation sites excluding steroid dienone is 2. The maximum Gasteiger partial charge on any atom is 0.119 e. The third kappa shape index (κ3) is 4.18. The van der Waals surface area contributed by atoms with E-state index in [0.29, 0.717) is 0 Å². The maximum atomic E-state index is 6.22. The van der Waals surface area contributed by atoms with Crippen molar-refractivity contribution in [3.8, 4) is 5.75 Å². The first-order chi connectivity index (χ1) is 12.3. The number of rotatable bonds is 5. The summed E-state index contributed by atoms with van der Waals surface area (Å²) in [5.41, 5.74) is 11.3. The molecule has 25 heavy (non-hydrogen) atoms. The third-order valence-electron chi connectivity index (χ3n) is 3.98. The van der Waals surface area contributed by atoms with Crippen LogP contribution in [0.3, 0.4) is 0 Å². The quantitative estimate of drug-likeness (QED) is 0.501. The number of para-hydroxylation sites is 1. The Morgan fingerprint density at radius 1 is 0.880 bits per heavy atom. The number of ether oxygens (including phenoxy) is 1. The number of benzene rings is 3. The van der Waals surface area contributed by atoms with E-state index in [2.05, 4.69) is 36.4 Å². The Bertz CT molecular complexity index is 895. The molecule has 2 heteroatoms. The van der Waals surface area contributed by atoms with E-state index in [1.165, 1.54) is 0 Å². The van der Waals surface area contributed by atoms with Crippen molar-refractivity contribution >= 4 is 17.3 Å². The molecule has 0 amide bonds. The topological polar surface area (TPSA) is 35.2 Å². The molecule has 124 valence electrons. The number of nitrogen functional groups attached to an aromatic ring is 1. The fourth-order valence-electron chi connectivity index (χ4n) is 2.69. The zero-order valence-electron chi connectivity index (χ0n) is 14.2. The molecule has 0 aliphatic heterocycles. The van der Waals surface area contributed by atoms with Crippen molar-refractivity contribution in [1.82, 2.24) is 0 Å². The minimum Gasteiger partial charge on any atom is -0.497 e. The van der Waals surface area contributed by atoms with Crippen molar-refractivity contribution in [2.75, 3.05) is 12.8 Å². The maximum absolute atomic E-state index is 6.22. The highest BCUT2D eigenvalue weighted by Crippen LogP contribution is 2.30. The summed E-state index contributed by atoms with van der Waals surface area (Å²) in [5.74, 6) is 0.824.